The van der Waals surface area contributed by atoms with Crippen LogP contribution < -0.4 is 0 Å². The highest BCUT2D eigenvalue weighted by Crippen LogP contribution is 2.32. The van der Waals surface area contributed by atoms with Crippen LogP contribution >= 0.6 is 0 Å². The van der Waals surface area contributed by atoms with E-state index in [0.29, 0.717) is 0 Å². The van der Waals surface area contributed by atoms with E-state index in [0.717, 1.165) is 67.1 Å². The second kappa shape index (κ2) is 7.11. The molecule has 0 unspecified atom stereocenters. The standard InChI is InChI=1S/C32H20N6/c1-3-14-25-23(12-1)33-31-35(27-16-5-7-18-29(27)37(25)31)21-10-9-11-22(20-21)36-28-17-6-8-19-30(28)38-26-15-4-2-13-24(26)34-32(36)38/h1-20H. The van der Waals surface area contributed by atoms with Crippen LogP contribution in [0.2, 0.25) is 0 Å². The van der Waals surface area contributed by atoms with Gasteiger partial charge in [-0.2, -0.15) is 0 Å². The molecule has 6 heteroatoms. The average Bonchev–Trinajstić information content (AvgIpc) is 3.69. The molecular formula is C32H20N6. The van der Waals surface area contributed by atoms with Gasteiger partial charge >= 0.3 is 0 Å². The van der Waals surface area contributed by atoms with Gasteiger partial charge in [-0.25, -0.2) is 9.97 Å². The largest absolute Gasteiger partial charge is 0.278 e. The molecule has 0 N–H and O–H groups in total. The van der Waals surface area contributed by atoms with Gasteiger partial charge in [-0.05, 0) is 66.7 Å². The highest BCUT2D eigenvalue weighted by atomic mass is 15.2. The lowest BCUT2D eigenvalue weighted by Gasteiger charge is -2.10. The molecule has 4 aromatic heterocycles. The van der Waals surface area contributed by atoms with Crippen molar-refractivity contribution in [1.82, 2.24) is 27.9 Å². The molecule has 4 heterocycles. The van der Waals surface area contributed by atoms with Gasteiger partial charge in [-0.1, -0.05) is 54.6 Å². The van der Waals surface area contributed by atoms with E-state index in [4.69, 9.17) is 9.97 Å². The smallest absolute Gasteiger partial charge is 0.220 e. The number of para-hydroxylation sites is 8. The lowest BCUT2D eigenvalue weighted by atomic mass is 10.2. The van der Waals surface area contributed by atoms with E-state index in [1.54, 1.807) is 0 Å². The van der Waals surface area contributed by atoms with Gasteiger partial charge in [0.15, 0.2) is 0 Å². The Morgan fingerprint density at radius 1 is 0.368 bits per heavy atom. The van der Waals surface area contributed by atoms with E-state index < -0.39 is 0 Å². The maximum Gasteiger partial charge on any atom is 0.220 e. The second-order valence-electron chi connectivity index (χ2n) is 9.64. The summed E-state index contributed by atoms with van der Waals surface area (Å²) < 4.78 is 9.01. The van der Waals surface area contributed by atoms with Crippen molar-refractivity contribution in [2.45, 2.75) is 0 Å². The molecule has 0 atom stereocenters. The van der Waals surface area contributed by atoms with E-state index >= 15 is 0 Å². The van der Waals surface area contributed by atoms with Gasteiger partial charge in [0.2, 0.25) is 11.6 Å². The summed E-state index contributed by atoms with van der Waals surface area (Å²) in [5, 5.41) is 0. The Balaban J connectivity index is 1.37. The summed E-state index contributed by atoms with van der Waals surface area (Å²) in [5.74, 6) is 1.80. The number of hydrogen-bond acceptors (Lipinski definition) is 2. The zero-order valence-corrected chi connectivity index (χ0v) is 20.2. The zero-order valence-electron chi connectivity index (χ0n) is 20.2. The predicted molar refractivity (Wildman–Crippen MR) is 153 cm³/mol. The van der Waals surface area contributed by atoms with Crippen molar-refractivity contribution in [2.24, 2.45) is 0 Å². The number of fused-ring (bicyclic) bond motifs is 10. The Labute approximate surface area is 216 Å². The predicted octanol–water partition coefficient (Wildman–Crippen LogP) is 7.18. The molecule has 178 valence electrons. The molecule has 0 saturated heterocycles. The number of imidazole rings is 4. The molecule has 38 heavy (non-hydrogen) atoms. The Bertz CT molecular complexity index is 2200. The maximum atomic E-state index is 5.05. The zero-order chi connectivity index (χ0) is 24.8. The van der Waals surface area contributed by atoms with Gasteiger partial charge < -0.3 is 0 Å². The molecular weight excluding hydrogens is 468 g/mol. The Hall–Kier alpha value is -5.36. The normalized spacial score (nSPS) is 12.2. The van der Waals surface area contributed by atoms with E-state index in [1.807, 2.05) is 12.1 Å². The van der Waals surface area contributed by atoms with Crippen LogP contribution in [0.5, 0.6) is 0 Å². The van der Waals surface area contributed by atoms with Gasteiger partial charge in [0, 0.05) is 0 Å². The Kier molecular flexibility index (Phi) is 3.70. The third kappa shape index (κ3) is 2.46. The first kappa shape index (κ1) is 19.8. The molecule has 0 aliphatic carbocycles. The van der Waals surface area contributed by atoms with Crippen molar-refractivity contribution in [3.63, 3.8) is 0 Å². The number of benzene rings is 5. The van der Waals surface area contributed by atoms with Crippen LogP contribution in [-0.2, 0) is 0 Å². The highest BCUT2D eigenvalue weighted by molar-refractivity contribution is 5.93. The van der Waals surface area contributed by atoms with E-state index in [2.05, 4.69) is 127 Å². The summed E-state index contributed by atoms with van der Waals surface area (Å²) in [7, 11) is 0. The topological polar surface area (TPSA) is 44.5 Å². The van der Waals surface area contributed by atoms with Gasteiger partial charge in [-0.15, -0.1) is 0 Å². The number of aromatic nitrogens is 6. The lowest BCUT2D eigenvalue weighted by molar-refractivity contribution is 1.08. The summed E-state index contributed by atoms with van der Waals surface area (Å²) in [6.45, 7) is 0. The number of hydrogen-bond donors (Lipinski definition) is 0. The fourth-order valence-electron chi connectivity index (χ4n) is 5.98. The van der Waals surface area contributed by atoms with E-state index in [-0.39, 0.29) is 0 Å². The molecule has 0 fully saturated rings. The third-order valence-corrected chi connectivity index (χ3v) is 7.56. The van der Waals surface area contributed by atoms with Crippen molar-refractivity contribution in [3.05, 3.63) is 121 Å². The summed E-state index contributed by atoms with van der Waals surface area (Å²) in [6.07, 6.45) is 0. The van der Waals surface area contributed by atoms with Gasteiger partial charge in [0.05, 0.1) is 55.5 Å². The highest BCUT2D eigenvalue weighted by Gasteiger charge is 2.19. The van der Waals surface area contributed by atoms with Gasteiger partial charge in [0.1, 0.15) is 0 Å². The molecule has 5 aromatic carbocycles. The summed E-state index contributed by atoms with van der Waals surface area (Å²) in [6, 6.07) is 42.3. The minimum Gasteiger partial charge on any atom is -0.278 e. The van der Waals surface area contributed by atoms with Crippen LogP contribution in [0.15, 0.2) is 121 Å². The Morgan fingerprint density at radius 3 is 1.24 bits per heavy atom. The molecule has 0 radical (unpaired) electrons. The second-order valence-corrected chi connectivity index (χ2v) is 9.64. The molecule has 0 amide bonds. The van der Waals surface area contributed by atoms with Crippen molar-refractivity contribution in [2.75, 3.05) is 0 Å². The fourth-order valence-corrected chi connectivity index (χ4v) is 5.98. The summed E-state index contributed by atoms with van der Waals surface area (Å²) in [4.78, 5) is 10.1. The van der Waals surface area contributed by atoms with Gasteiger partial charge in [0.25, 0.3) is 0 Å². The van der Waals surface area contributed by atoms with Crippen molar-refractivity contribution in [3.8, 4) is 11.4 Å². The van der Waals surface area contributed by atoms with Gasteiger partial charge in [-0.3, -0.25) is 17.9 Å². The third-order valence-electron chi connectivity index (χ3n) is 7.56. The molecule has 6 nitrogen and oxygen atoms in total. The van der Waals surface area contributed by atoms with E-state index in [1.165, 1.54) is 0 Å². The molecule has 0 spiro atoms. The SMILES string of the molecule is c1cc(-n2c3ccccc3n3c4ccccc4nc23)cc(-n2c3ccccc3n3c4ccccc4nc23)c1. The van der Waals surface area contributed by atoms with Crippen LogP contribution in [0.4, 0.5) is 0 Å². The quantitative estimate of drug-likeness (QED) is 0.259. The fraction of sp³-hybridized carbons (Fsp3) is 0. The first-order valence-corrected chi connectivity index (χ1v) is 12.7. The Morgan fingerprint density at radius 2 is 0.763 bits per heavy atom. The van der Waals surface area contributed by atoms with Crippen LogP contribution in [0.1, 0.15) is 0 Å². The van der Waals surface area contributed by atoms with Crippen molar-refractivity contribution < 1.29 is 0 Å². The molecule has 0 aliphatic heterocycles. The maximum absolute atomic E-state index is 5.05. The van der Waals surface area contributed by atoms with Crippen molar-refractivity contribution in [1.29, 1.82) is 0 Å². The molecule has 0 bridgehead atoms. The minimum atomic E-state index is 0.901. The summed E-state index contributed by atoms with van der Waals surface area (Å²) >= 11 is 0. The molecule has 0 saturated carbocycles. The lowest BCUT2D eigenvalue weighted by Crippen LogP contribution is -1.99. The molecule has 9 rings (SSSR count). The van der Waals surface area contributed by atoms with Crippen LogP contribution in [-0.4, -0.2) is 27.9 Å². The molecule has 0 aliphatic rings. The monoisotopic (exact) mass is 488 g/mol. The first-order valence-electron chi connectivity index (χ1n) is 12.7. The molecule has 9 aromatic rings. The number of rotatable bonds is 2. The first-order chi connectivity index (χ1) is 18.9. The van der Waals surface area contributed by atoms with Crippen LogP contribution in [0.25, 0.3) is 67.1 Å². The average molecular weight is 489 g/mol. The van der Waals surface area contributed by atoms with Crippen LogP contribution in [0, 0.1) is 0 Å². The summed E-state index contributed by atoms with van der Waals surface area (Å²) in [5.41, 5.74) is 10.8. The van der Waals surface area contributed by atoms with E-state index in [9.17, 15) is 0 Å². The number of nitrogens with zero attached hydrogens (tertiary/aromatic N) is 6. The van der Waals surface area contributed by atoms with Crippen molar-refractivity contribution >= 4 is 55.7 Å². The minimum absolute atomic E-state index is 0.901. The van der Waals surface area contributed by atoms with Crippen LogP contribution in [0.3, 0.4) is 0 Å².